The fourth-order valence-electron chi connectivity index (χ4n) is 2.24. The highest BCUT2D eigenvalue weighted by atomic mass is 32.2. The molecule has 0 atom stereocenters. The average Bonchev–Trinajstić information content (AvgIpc) is 2.26. The van der Waals surface area contributed by atoms with Crippen LogP contribution in [0.4, 0.5) is 4.39 Å². The van der Waals surface area contributed by atoms with Crippen LogP contribution in [0.3, 0.4) is 0 Å². The van der Waals surface area contributed by atoms with E-state index in [1.807, 2.05) is 0 Å². The molecule has 0 spiro atoms. The molecule has 1 aromatic carbocycles. The highest BCUT2D eigenvalue weighted by Crippen LogP contribution is 2.28. The molecule has 0 unspecified atom stereocenters. The van der Waals surface area contributed by atoms with E-state index in [4.69, 9.17) is 5.11 Å². The first-order valence-corrected chi connectivity index (χ1v) is 7.90. The predicted molar refractivity (Wildman–Crippen MR) is 71.0 cm³/mol. The summed E-state index contributed by atoms with van der Waals surface area (Å²) in [6.45, 7) is 1.65. The van der Waals surface area contributed by atoms with Gasteiger partial charge in [-0.3, -0.25) is 4.79 Å². The van der Waals surface area contributed by atoms with E-state index < -0.39 is 27.7 Å². The van der Waals surface area contributed by atoms with Crippen LogP contribution >= 0.6 is 0 Å². The molecule has 0 bridgehead atoms. The molecular weight excluding hydrogens is 285 g/mol. The van der Waals surface area contributed by atoms with Gasteiger partial charge in [0.05, 0.1) is 11.7 Å². The zero-order valence-electron chi connectivity index (χ0n) is 11.0. The minimum absolute atomic E-state index is 0.229. The monoisotopic (exact) mass is 301 g/mol. The van der Waals surface area contributed by atoms with E-state index in [0.29, 0.717) is 24.0 Å². The number of aryl methyl sites for hydroxylation is 1. The molecule has 0 saturated heterocycles. The lowest BCUT2D eigenvalue weighted by molar-refractivity contribution is -0.145. The number of nitrogens with one attached hydrogen (secondary N) is 1. The summed E-state index contributed by atoms with van der Waals surface area (Å²) in [5.41, 5.74) is 1.11. The van der Waals surface area contributed by atoms with Crippen LogP contribution in [0.1, 0.15) is 24.0 Å². The lowest BCUT2D eigenvalue weighted by atomic mass is 9.81. The third kappa shape index (κ3) is 3.55. The smallest absolute Gasteiger partial charge is 0.306 e. The predicted octanol–water partition coefficient (Wildman–Crippen LogP) is 1.42. The zero-order valence-corrected chi connectivity index (χ0v) is 11.8. The van der Waals surface area contributed by atoms with Crippen LogP contribution in [-0.2, 0) is 20.6 Å². The minimum Gasteiger partial charge on any atom is -0.481 e. The SMILES string of the molecule is Cc1cc(F)ccc1CS(=O)(=O)NC1CC(C(=O)O)C1. The number of aliphatic carboxylic acids is 1. The van der Waals surface area contributed by atoms with Gasteiger partial charge < -0.3 is 5.11 Å². The van der Waals surface area contributed by atoms with Crippen molar-refractivity contribution in [2.45, 2.75) is 31.6 Å². The second kappa shape index (κ2) is 5.49. The molecular formula is C13H16FNO4S. The second-order valence-corrected chi connectivity index (χ2v) is 6.91. The molecule has 0 aromatic heterocycles. The van der Waals surface area contributed by atoms with E-state index in [9.17, 15) is 17.6 Å². The van der Waals surface area contributed by atoms with E-state index in [2.05, 4.69) is 4.72 Å². The molecule has 5 nitrogen and oxygen atoms in total. The molecule has 7 heteroatoms. The molecule has 0 radical (unpaired) electrons. The Balaban J connectivity index is 1.96. The summed E-state index contributed by atoms with van der Waals surface area (Å²) in [6, 6.07) is 3.64. The Morgan fingerprint density at radius 3 is 2.65 bits per heavy atom. The van der Waals surface area contributed by atoms with Gasteiger partial charge in [0.1, 0.15) is 5.82 Å². The molecule has 2 rings (SSSR count). The normalized spacial score (nSPS) is 22.3. The van der Waals surface area contributed by atoms with Gasteiger partial charge >= 0.3 is 5.97 Å². The molecule has 1 aliphatic carbocycles. The quantitative estimate of drug-likeness (QED) is 0.861. The van der Waals surface area contributed by atoms with Crippen molar-refractivity contribution in [3.05, 3.63) is 35.1 Å². The largest absolute Gasteiger partial charge is 0.481 e. The maximum Gasteiger partial charge on any atom is 0.306 e. The van der Waals surface area contributed by atoms with Gasteiger partial charge in [-0.15, -0.1) is 0 Å². The summed E-state index contributed by atoms with van der Waals surface area (Å²) in [7, 11) is -3.54. The number of carbonyl (C=O) groups is 1. The number of benzene rings is 1. The van der Waals surface area contributed by atoms with Gasteiger partial charge in [-0.25, -0.2) is 17.5 Å². The summed E-state index contributed by atoms with van der Waals surface area (Å²) in [6.07, 6.45) is 0.633. The summed E-state index contributed by atoms with van der Waals surface area (Å²) >= 11 is 0. The third-order valence-corrected chi connectivity index (χ3v) is 4.87. The fourth-order valence-corrected chi connectivity index (χ4v) is 3.75. The number of hydrogen-bond donors (Lipinski definition) is 2. The van der Waals surface area contributed by atoms with Crippen molar-refractivity contribution in [3.63, 3.8) is 0 Å². The van der Waals surface area contributed by atoms with E-state index in [1.54, 1.807) is 6.92 Å². The van der Waals surface area contributed by atoms with Crippen molar-refractivity contribution >= 4 is 16.0 Å². The lowest BCUT2D eigenvalue weighted by Gasteiger charge is -2.32. The Hall–Kier alpha value is -1.47. The Bertz CT molecular complexity index is 623. The maximum absolute atomic E-state index is 13.0. The van der Waals surface area contributed by atoms with Gasteiger partial charge in [-0.05, 0) is 43.0 Å². The van der Waals surface area contributed by atoms with Crippen molar-refractivity contribution in [2.24, 2.45) is 5.92 Å². The van der Waals surface area contributed by atoms with Crippen molar-refractivity contribution < 1.29 is 22.7 Å². The summed E-state index contributed by atoms with van der Waals surface area (Å²) in [4.78, 5) is 10.6. The van der Waals surface area contributed by atoms with Gasteiger partial charge in [-0.2, -0.15) is 0 Å². The molecule has 1 saturated carbocycles. The van der Waals surface area contributed by atoms with Gasteiger partial charge in [0.25, 0.3) is 0 Å². The molecule has 20 heavy (non-hydrogen) atoms. The fraction of sp³-hybridized carbons (Fsp3) is 0.462. The molecule has 1 aromatic rings. The van der Waals surface area contributed by atoms with E-state index in [-0.39, 0.29) is 11.8 Å². The Morgan fingerprint density at radius 1 is 1.45 bits per heavy atom. The first-order chi connectivity index (χ1) is 9.27. The average molecular weight is 301 g/mol. The van der Waals surface area contributed by atoms with Gasteiger partial charge in [0, 0.05) is 6.04 Å². The van der Waals surface area contributed by atoms with Crippen LogP contribution in [0.2, 0.25) is 0 Å². The molecule has 110 valence electrons. The van der Waals surface area contributed by atoms with Crippen LogP contribution < -0.4 is 4.72 Å². The number of rotatable bonds is 5. The Kier molecular flexibility index (Phi) is 4.10. The standard InChI is InChI=1S/C13H16FNO4S/c1-8-4-11(14)3-2-9(8)7-20(18,19)15-12-5-10(6-12)13(16)17/h2-4,10,12,15H,5-7H2,1H3,(H,16,17). The van der Waals surface area contributed by atoms with E-state index in [1.165, 1.54) is 18.2 Å². The summed E-state index contributed by atoms with van der Waals surface area (Å²) < 4.78 is 39.4. The molecule has 0 aliphatic heterocycles. The van der Waals surface area contributed by atoms with Crippen molar-refractivity contribution in [1.29, 1.82) is 0 Å². The third-order valence-electron chi connectivity index (χ3n) is 3.48. The van der Waals surface area contributed by atoms with Crippen LogP contribution in [0.25, 0.3) is 0 Å². The second-order valence-electron chi connectivity index (χ2n) is 5.15. The lowest BCUT2D eigenvalue weighted by Crippen LogP contribution is -2.46. The van der Waals surface area contributed by atoms with E-state index in [0.717, 1.165) is 0 Å². The summed E-state index contributed by atoms with van der Waals surface area (Å²) in [5.74, 6) is -1.99. The van der Waals surface area contributed by atoms with Crippen molar-refractivity contribution in [2.75, 3.05) is 0 Å². The van der Waals surface area contributed by atoms with Crippen LogP contribution in [0, 0.1) is 18.7 Å². The zero-order chi connectivity index (χ0) is 14.9. The van der Waals surface area contributed by atoms with Crippen molar-refractivity contribution in [1.82, 2.24) is 4.72 Å². The molecule has 0 heterocycles. The molecule has 1 fully saturated rings. The van der Waals surface area contributed by atoms with E-state index >= 15 is 0 Å². The van der Waals surface area contributed by atoms with Gasteiger partial charge in [-0.1, -0.05) is 6.07 Å². The van der Waals surface area contributed by atoms with Crippen LogP contribution in [-0.4, -0.2) is 25.5 Å². The topological polar surface area (TPSA) is 83.5 Å². The van der Waals surface area contributed by atoms with Crippen molar-refractivity contribution in [3.8, 4) is 0 Å². The highest BCUT2D eigenvalue weighted by molar-refractivity contribution is 7.88. The van der Waals surface area contributed by atoms with Gasteiger partial charge in [0.2, 0.25) is 10.0 Å². The highest BCUT2D eigenvalue weighted by Gasteiger charge is 2.36. The molecule has 2 N–H and O–H groups in total. The number of carboxylic acids is 1. The first-order valence-electron chi connectivity index (χ1n) is 6.24. The van der Waals surface area contributed by atoms with Gasteiger partial charge in [0.15, 0.2) is 0 Å². The summed E-state index contributed by atoms with van der Waals surface area (Å²) in [5, 5.41) is 8.73. The molecule has 0 amide bonds. The molecule has 1 aliphatic rings. The number of sulfonamides is 1. The number of hydrogen-bond acceptors (Lipinski definition) is 3. The minimum atomic E-state index is -3.54. The van der Waals surface area contributed by atoms with Crippen LogP contribution in [0.5, 0.6) is 0 Å². The maximum atomic E-state index is 13.0. The first kappa shape index (κ1) is 14.9. The Labute approximate surface area is 116 Å². The Morgan fingerprint density at radius 2 is 2.10 bits per heavy atom. The number of halogens is 1. The number of carboxylic acid groups (broad SMARTS) is 1. The van der Waals surface area contributed by atoms with Crippen LogP contribution in [0.15, 0.2) is 18.2 Å².